The Morgan fingerprint density at radius 2 is 2.15 bits per heavy atom. The van der Waals surface area contributed by atoms with Gasteiger partial charge in [0, 0.05) is 25.7 Å². The molecule has 20 heavy (non-hydrogen) atoms. The van der Waals surface area contributed by atoms with Crippen LogP contribution < -0.4 is 10.1 Å². The Morgan fingerprint density at radius 3 is 2.75 bits per heavy atom. The van der Waals surface area contributed by atoms with E-state index in [2.05, 4.69) is 5.32 Å². The Balaban J connectivity index is 2.46. The van der Waals surface area contributed by atoms with Crippen LogP contribution in [0.3, 0.4) is 0 Å². The molecule has 1 heterocycles. The Kier molecular flexibility index (Phi) is 4.59. The van der Waals surface area contributed by atoms with Crippen LogP contribution >= 0.6 is 11.6 Å². The van der Waals surface area contributed by atoms with Crippen molar-refractivity contribution in [2.45, 2.75) is 24.8 Å². The topological polar surface area (TPSA) is 58.6 Å². The van der Waals surface area contributed by atoms with Crippen molar-refractivity contribution in [3.8, 4) is 5.75 Å². The van der Waals surface area contributed by atoms with Gasteiger partial charge in [0.25, 0.3) is 0 Å². The van der Waals surface area contributed by atoms with Crippen LogP contribution in [-0.2, 0) is 10.0 Å². The number of nitrogens with one attached hydrogen (secondary N) is 1. The fraction of sp³-hybridized carbons (Fsp3) is 0.538. The molecule has 1 N–H and O–H groups in total. The molecule has 1 saturated heterocycles. The van der Waals surface area contributed by atoms with Gasteiger partial charge in [0.2, 0.25) is 10.0 Å². The van der Waals surface area contributed by atoms with Crippen molar-refractivity contribution >= 4 is 21.6 Å². The zero-order valence-corrected chi connectivity index (χ0v) is 13.4. The highest BCUT2D eigenvalue weighted by atomic mass is 35.5. The Hall–Kier alpha value is -0.820. The molecule has 0 aliphatic carbocycles. The molecule has 1 aromatic carbocycles. The first-order valence-electron chi connectivity index (χ1n) is 6.44. The van der Waals surface area contributed by atoms with Crippen molar-refractivity contribution in [2.75, 3.05) is 26.7 Å². The van der Waals surface area contributed by atoms with Crippen LogP contribution in [0.4, 0.5) is 0 Å². The van der Waals surface area contributed by atoms with Gasteiger partial charge in [-0.25, -0.2) is 8.42 Å². The summed E-state index contributed by atoms with van der Waals surface area (Å²) in [6.45, 7) is 5.42. The van der Waals surface area contributed by atoms with Gasteiger partial charge < -0.3 is 10.1 Å². The fourth-order valence-electron chi connectivity index (χ4n) is 2.38. The lowest BCUT2D eigenvalue weighted by atomic mass is 10.2. The molecule has 0 saturated carbocycles. The number of ether oxygens (including phenoxy) is 1. The highest BCUT2D eigenvalue weighted by Gasteiger charge is 2.32. The maximum Gasteiger partial charge on any atom is 0.243 e. The van der Waals surface area contributed by atoms with E-state index in [-0.39, 0.29) is 10.9 Å². The van der Waals surface area contributed by atoms with Crippen molar-refractivity contribution in [2.24, 2.45) is 0 Å². The third-order valence-electron chi connectivity index (χ3n) is 3.48. The van der Waals surface area contributed by atoms with Gasteiger partial charge in [-0.2, -0.15) is 4.31 Å². The number of benzene rings is 1. The number of piperazine rings is 1. The Bertz CT molecular complexity index is 604. The van der Waals surface area contributed by atoms with E-state index in [0.29, 0.717) is 36.0 Å². The number of hydrogen-bond donors (Lipinski definition) is 1. The maximum absolute atomic E-state index is 12.8. The molecule has 1 aliphatic heterocycles. The first-order chi connectivity index (χ1) is 9.37. The van der Waals surface area contributed by atoms with Gasteiger partial charge in [0.05, 0.1) is 17.0 Å². The van der Waals surface area contributed by atoms with Crippen LogP contribution in [-0.4, -0.2) is 45.5 Å². The SMILES string of the molecule is COc1cc(C)c(S(=O)(=O)N2CCNCC2C)cc1Cl. The molecular formula is C13H19ClN2O3S. The number of sulfonamides is 1. The second-order valence-electron chi connectivity index (χ2n) is 4.92. The van der Waals surface area contributed by atoms with Crippen LogP contribution in [0.15, 0.2) is 17.0 Å². The smallest absolute Gasteiger partial charge is 0.243 e. The molecule has 5 nitrogen and oxygen atoms in total. The highest BCUT2D eigenvalue weighted by molar-refractivity contribution is 7.89. The minimum atomic E-state index is -3.54. The summed E-state index contributed by atoms with van der Waals surface area (Å²) < 4.78 is 32.2. The van der Waals surface area contributed by atoms with Crippen molar-refractivity contribution in [3.05, 3.63) is 22.7 Å². The molecule has 0 radical (unpaired) electrons. The Labute approximate surface area is 124 Å². The lowest BCUT2D eigenvalue weighted by Crippen LogP contribution is -2.52. The van der Waals surface area contributed by atoms with Crippen molar-refractivity contribution < 1.29 is 13.2 Å². The summed E-state index contributed by atoms with van der Waals surface area (Å²) in [6.07, 6.45) is 0. The molecule has 0 spiro atoms. The number of rotatable bonds is 3. The van der Waals surface area contributed by atoms with Crippen LogP contribution in [0.25, 0.3) is 0 Å². The van der Waals surface area contributed by atoms with Gasteiger partial charge in [-0.05, 0) is 31.5 Å². The van der Waals surface area contributed by atoms with Crippen molar-refractivity contribution in [1.29, 1.82) is 0 Å². The molecule has 0 aromatic heterocycles. The number of methoxy groups -OCH3 is 1. The first kappa shape index (κ1) is 15.6. The van der Waals surface area contributed by atoms with Gasteiger partial charge in [0.15, 0.2) is 0 Å². The lowest BCUT2D eigenvalue weighted by molar-refractivity contribution is 0.283. The summed E-state index contributed by atoms with van der Waals surface area (Å²) in [5, 5.41) is 3.49. The van der Waals surface area contributed by atoms with E-state index in [4.69, 9.17) is 16.3 Å². The normalized spacial score (nSPS) is 20.9. The molecule has 1 atom stereocenters. The third kappa shape index (κ3) is 2.79. The number of halogens is 1. The van der Waals surface area contributed by atoms with Crippen LogP contribution in [0.2, 0.25) is 5.02 Å². The predicted molar refractivity (Wildman–Crippen MR) is 79.0 cm³/mol. The van der Waals surface area contributed by atoms with Crippen LogP contribution in [0.1, 0.15) is 12.5 Å². The first-order valence-corrected chi connectivity index (χ1v) is 8.26. The van der Waals surface area contributed by atoms with E-state index in [1.54, 1.807) is 13.0 Å². The quantitative estimate of drug-likeness (QED) is 0.920. The monoisotopic (exact) mass is 318 g/mol. The zero-order chi connectivity index (χ0) is 14.9. The number of nitrogens with zero attached hydrogens (tertiary/aromatic N) is 1. The molecule has 0 bridgehead atoms. The average Bonchev–Trinajstić information content (AvgIpc) is 2.41. The number of hydrogen-bond acceptors (Lipinski definition) is 4. The molecule has 7 heteroatoms. The summed E-state index contributed by atoms with van der Waals surface area (Å²) in [7, 11) is -2.03. The predicted octanol–water partition coefficient (Wildman–Crippen LogP) is 1.64. The van der Waals surface area contributed by atoms with E-state index in [1.165, 1.54) is 17.5 Å². The van der Waals surface area contributed by atoms with Crippen LogP contribution in [0.5, 0.6) is 5.75 Å². The van der Waals surface area contributed by atoms with Crippen LogP contribution in [0, 0.1) is 6.92 Å². The molecule has 2 rings (SSSR count). The molecule has 112 valence electrons. The van der Waals surface area contributed by atoms with Gasteiger partial charge in [-0.1, -0.05) is 11.6 Å². The summed E-state index contributed by atoms with van der Waals surface area (Å²) in [4.78, 5) is 0.247. The van der Waals surface area contributed by atoms with E-state index in [1.807, 2.05) is 6.92 Å². The van der Waals surface area contributed by atoms with Gasteiger partial charge >= 0.3 is 0 Å². The highest BCUT2D eigenvalue weighted by Crippen LogP contribution is 2.32. The van der Waals surface area contributed by atoms with Gasteiger partial charge in [0.1, 0.15) is 5.75 Å². The fourth-order valence-corrected chi connectivity index (χ4v) is 4.55. The minimum absolute atomic E-state index is 0.0750. The zero-order valence-electron chi connectivity index (χ0n) is 11.8. The van der Waals surface area contributed by atoms with E-state index in [9.17, 15) is 8.42 Å². The number of aryl methyl sites for hydroxylation is 1. The molecule has 1 fully saturated rings. The maximum atomic E-state index is 12.8. The van der Waals surface area contributed by atoms with Gasteiger partial charge in [-0.15, -0.1) is 0 Å². The summed E-state index contributed by atoms with van der Waals surface area (Å²) >= 11 is 6.06. The minimum Gasteiger partial charge on any atom is -0.495 e. The Morgan fingerprint density at radius 1 is 1.45 bits per heavy atom. The largest absolute Gasteiger partial charge is 0.495 e. The molecule has 1 aliphatic rings. The second kappa shape index (κ2) is 5.89. The molecular weight excluding hydrogens is 300 g/mol. The molecule has 1 unspecified atom stereocenters. The average molecular weight is 319 g/mol. The van der Waals surface area contributed by atoms with Crippen molar-refractivity contribution in [1.82, 2.24) is 9.62 Å². The second-order valence-corrected chi connectivity index (χ2v) is 7.19. The van der Waals surface area contributed by atoms with E-state index in [0.717, 1.165) is 0 Å². The van der Waals surface area contributed by atoms with E-state index >= 15 is 0 Å². The lowest BCUT2D eigenvalue weighted by Gasteiger charge is -2.33. The standard InChI is InChI=1S/C13H19ClN2O3S/c1-9-6-12(19-3)11(14)7-13(9)20(17,18)16-5-4-15-8-10(16)2/h6-7,10,15H,4-5,8H2,1-3H3. The van der Waals surface area contributed by atoms with Crippen molar-refractivity contribution in [3.63, 3.8) is 0 Å². The molecule has 0 amide bonds. The van der Waals surface area contributed by atoms with Gasteiger partial charge in [-0.3, -0.25) is 0 Å². The molecule has 1 aromatic rings. The summed E-state index contributed by atoms with van der Waals surface area (Å²) in [6, 6.07) is 3.05. The van der Waals surface area contributed by atoms with E-state index < -0.39 is 10.0 Å². The summed E-state index contributed by atoms with van der Waals surface area (Å²) in [5.74, 6) is 0.483. The third-order valence-corrected chi connectivity index (χ3v) is 5.93. The summed E-state index contributed by atoms with van der Waals surface area (Å²) in [5.41, 5.74) is 0.636.